The number of nitrogens with one attached hydrogen (secondary N) is 2. The van der Waals surface area contributed by atoms with Crippen LogP contribution in [0.2, 0.25) is 5.02 Å². The summed E-state index contributed by atoms with van der Waals surface area (Å²) in [6.45, 7) is 3.43. The van der Waals surface area contributed by atoms with Crippen LogP contribution in [0.15, 0.2) is 12.1 Å². The molecule has 1 aromatic carbocycles. The van der Waals surface area contributed by atoms with Crippen molar-refractivity contribution in [2.24, 2.45) is 0 Å². The van der Waals surface area contributed by atoms with E-state index in [1.165, 1.54) is 14.2 Å². The summed E-state index contributed by atoms with van der Waals surface area (Å²) in [5.41, 5.74) is 0.193. The number of hydrogen-bond acceptors (Lipinski definition) is 5. The summed E-state index contributed by atoms with van der Waals surface area (Å²) in [6.07, 6.45) is 0. The molecule has 0 bridgehead atoms. The third-order valence-corrected chi connectivity index (χ3v) is 3.61. The van der Waals surface area contributed by atoms with Crippen molar-refractivity contribution in [3.05, 3.63) is 17.2 Å². The van der Waals surface area contributed by atoms with E-state index >= 15 is 0 Å². The second kappa shape index (κ2) is 6.51. The maximum Gasteiger partial charge on any atom is 0.250 e. The molecular weight excluding hydrogens is 296 g/mol. The Labute approximate surface area is 128 Å². The Morgan fingerprint density at radius 3 is 2.48 bits per heavy atom. The number of halogens is 1. The highest BCUT2D eigenvalue weighted by molar-refractivity contribution is 6.34. The predicted molar refractivity (Wildman–Crippen MR) is 80.4 cm³/mol. The third kappa shape index (κ3) is 3.78. The van der Waals surface area contributed by atoms with Gasteiger partial charge in [0, 0.05) is 25.2 Å². The molecule has 0 aromatic heterocycles. The van der Waals surface area contributed by atoms with Crippen LogP contribution < -0.4 is 20.1 Å². The summed E-state index contributed by atoms with van der Waals surface area (Å²) in [7, 11) is 3.04. The molecule has 1 amide bonds. The predicted octanol–water partition coefficient (Wildman–Crippen LogP) is 1.67. The third-order valence-electron chi connectivity index (χ3n) is 3.30. The van der Waals surface area contributed by atoms with Crippen molar-refractivity contribution in [3.63, 3.8) is 0 Å². The zero-order valence-electron chi connectivity index (χ0n) is 12.3. The van der Waals surface area contributed by atoms with Gasteiger partial charge in [0.15, 0.2) is 11.5 Å². The van der Waals surface area contributed by atoms with Crippen LogP contribution in [0.4, 0.5) is 5.69 Å². The first-order valence-corrected chi connectivity index (χ1v) is 6.91. The van der Waals surface area contributed by atoms with Crippen LogP contribution in [-0.2, 0) is 9.53 Å². The lowest BCUT2D eigenvalue weighted by Gasteiger charge is -2.38. The summed E-state index contributed by atoms with van der Waals surface area (Å²) in [5.74, 6) is 0.732. The Kier molecular flexibility index (Phi) is 4.92. The SMILES string of the molecule is COc1cc(Cl)c(NC(=O)COC2(C)CNC2)cc1OC. The molecule has 0 atom stereocenters. The molecule has 1 aromatic rings. The maximum absolute atomic E-state index is 11.9. The van der Waals surface area contributed by atoms with Crippen molar-refractivity contribution >= 4 is 23.2 Å². The van der Waals surface area contributed by atoms with Gasteiger partial charge in [0.1, 0.15) is 6.61 Å². The average molecular weight is 315 g/mol. The molecule has 2 rings (SSSR count). The average Bonchev–Trinajstić information content (AvgIpc) is 2.44. The Morgan fingerprint density at radius 1 is 1.33 bits per heavy atom. The van der Waals surface area contributed by atoms with Crippen LogP contribution in [-0.4, -0.2) is 45.4 Å². The minimum absolute atomic E-state index is 0.0249. The highest BCUT2D eigenvalue weighted by Crippen LogP contribution is 2.36. The monoisotopic (exact) mass is 314 g/mol. The van der Waals surface area contributed by atoms with E-state index in [4.69, 9.17) is 25.8 Å². The first-order chi connectivity index (χ1) is 9.97. The van der Waals surface area contributed by atoms with Crippen LogP contribution in [0, 0.1) is 0 Å². The lowest BCUT2D eigenvalue weighted by Crippen LogP contribution is -2.59. The molecule has 0 unspecified atom stereocenters. The fraction of sp³-hybridized carbons (Fsp3) is 0.500. The van der Waals surface area contributed by atoms with Gasteiger partial charge < -0.3 is 24.8 Å². The Balaban J connectivity index is 1.99. The van der Waals surface area contributed by atoms with Crippen molar-refractivity contribution in [3.8, 4) is 11.5 Å². The van der Waals surface area contributed by atoms with Gasteiger partial charge in [-0.15, -0.1) is 0 Å². The Bertz CT molecular complexity index is 532. The van der Waals surface area contributed by atoms with Crippen LogP contribution >= 0.6 is 11.6 Å². The number of methoxy groups -OCH3 is 2. The summed E-state index contributed by atoms with van der Waals surface area (Å²) >= 11 is 6.11. The molecule has 1 aliphatic heterocycles. The van der Waals surface area contributed by atoms with E-state index < -0.39 is 0 Å². The van der Waals surface area contributed by atoms with Crippen molar-refractivity contribution in [2.75, 3.05) is 39.2 Å². The molecule has 0 aliphatic carbocycles. The molecule has 1 heterocycles. The first kappa shape index (κ1) is 15.9. The van der Waals surface area contributed by atoms with Crippen molar-refractivity contribution in [2.45, 2.75) is 12.5 Å². The van der Waals surface area contributed by atoms with Crippen molar-refractivity contribution < 1.29 is 19.0 Å². The molecule has 0 spiro atoms. The largest absolute Gasteiger partial charge is 0.493 e. The van der Waals surface area contributed by atoms with Crippen LogP contribution in [0.3, 0.4) is 0 Å². The molecule has 6 nitrogen and oxygen atoms in total. The second-order valence-electron chi connectivity index (χ2n) is 5.08. The topological polar surface area (TPSA) is 68.8 Å². The van der Waals surface area contributed by atoms with Gasteiger partial charge in [-0.3, -0.25) is 4.79 Å². The first-order valence-electron chi connectivity index (χ1n) is 6.53. The van der Waals surface area contributed by atoms with E-state index in [1.54, 1.807) is 12.1 Å². The van der Waals surface area contributed by atoms with Gasteiger partial charge in [0.05, 0.1) is 30.5 Å². The van der Waals surface area contributed by atoms with E-state index in [9.17, 15) is 4.79 Å². The zero-order valence-corrected chi connectivity index (χ0v) is 13.0. The normalized spacial score (nSPS) is 16.0. The van der Waals surface area contributed by atoms with Gasteiger partial charge in [-0.25, -0.2) is 0 Å². The standard InChI is InChI=1S/C14H19ClN2O4/c1-14(7-16-8-14)21-6-13(18)17-10-5-12(20-3)11(19-2)4-9(10)15/h4-5,16H,6-8H2,1-3H3,(H,17,18). The lowest BCUT2D eigenvalue weighted by atomic mass is 10.0. The van der Waals surface area contributed by atoms with Crippen LogP contribution in [0.25, 0.3) is 0 Å². The summed E-state index contributed by atoms with van der Waals surface area (Å²) < 4.78 is 15.9. The number of hydrogen-bond donors (Lipinski definition) is 2. The number of anilines is 1. The highest BCUT2D eigenvalue weighted by Gasteiger charge is 2.33. The summed E-state index contributed by atoms with van der Waals surface area (Å²) in [6, 6.07) is 3.21. The van der Waals surface area contributed by atoms with Gasteiger partial charge in [-0.2, -0.15) is 0 Å². The van der Waals surface area contributed by atoms with Gasteiger partial charge in [0.2, 0.25) is 5.91 Å². The van der Waals surface area contributed by atoms with Gasteiger partial charge in [-0.05, 0) is 6.92 Å². The summed E-state index contributed by atoms with van der Waals surface area (Å²) in [5, 5.41) is 6.18. The van der Waals surface area contributed by atoms with E-state index in [1.807, 2.05) is 6.92 Å². The smallest absolute Gasteiger partial charge is 0.250 e. The highest BCUT2D eigenvalue weighted by atomic mass is 35.5. The molecule has 1 fully saturated rings. The fourth-order valence-electron chi connectivity index (χ4n) is 1.96. The number of ether oxygens (including phenoxy) is 3. The minimum atomic E-state index is -0.266. The quantitative estimate of drug-likeness (QED) is 0.836. The van der Waals surface area contributed by atoms with Crippen molar-refractivity contribution in [1.29, 1.82) is 0 Å². The second-order valence-corrected chi connectivity index (χ2v) is 5.48. The van der Waals surface area contributed by atoms with Crippen LogP contribution in [0.1, 0.15) is 6.92 Å². The Hall–Kier alpha value is -1.50. The zero-order chi connectivity index (χ0) is 15.5. The van der Waals surface area contributed by atoms with E-state index in [2.05, 4.69) is 10.6 Å². The number of carbonyl (C=O) groups is 1. The molecule has 7 heteroatoms. The number of amides is 1. The molecule has 0 radical (unpaired) electrons. The fourth-order valence-corrected chi connectivity index (χ4v) is 2.16. The number of benzene rings is 1. The van der Waals surface area contributed by atoms with E-state index in [0.717, 1.165) is 13.1 Å². The van der Waals surface area contributed by atoms with E-state index in [0.29, 0.717) is 22.2 Å². The van der Waals surface area contributed by atoms with E-state index in [-0.39, 0.29) is 18.1 Å². The van der Waals surface area contributed by atoms with Gasteiger partial charge in [0.25, 0.3) is 0 Å². The minimum Gasteiger partial charge on any atom is -0.493 e. The molecule has 21 heavy (non-hydrogen) atoms. The summed E-state index contributed by atoms with van der Waals surface area (Å²) in [4.78, 5) is 11.9. The van der Waals surface area contributed by atoms with Crippen molar-refractivity contribution in [1.82, 2.24) is 5.32 Å². The molecule has 1 aliphatic rings. The van der Waals surface area contributed by atoms with Gasteiger partial charge in [-0.1, -0.05) is 11.6 Å². The molecule has 0 saturated carbocycles. The van der Waals surface area contributed by atoms with Gasteiger partial charge >= 0.3 is 0 Å². The number of rotatable bonds is 6. The maximum atomic E-state index is 11.9. The molecule has 1 saturated heterocycles. The number of carbonyl (C=O) groups excluding carboxylic acids is 1. The molecule has 116 valence electrons. The van der Waals surface area contributed by atoms with Crippen LogP contribution in [0.5, 0.6) is 11.5 Å². The molecular formula is C14H19ClN2O4. The Morgan fingerprint density at radius 2 is 1.95 bits per heavy atom. The molecule has 2 N–H and O–H groups in total. The lowest BCUT2D eigenvalue weighted by molar-refractivity contribution is -0.130.